The van der Waals surface area contributed by atoms with Crippen molar-refractivity contribution in [2.24, 2.45) is 0 Å². The van der Waals surface area contributed by atoms with Crippen molar-refractivity contribution in [3.63, 3.8) is 0 Å². The largest absolute Gasteiger partial charge is 0.314 e. The van der Waals surface area contributed by atoms with Crippen molar-refractivity contribution in [2.45, 2.75) is 65.3 Å². The fourth-order valence-corrected chi connectivity index (χ4v) is 2.66. The Bertz CT molecular complexity index is 362. The Balaban J connectivity index is 2.58. The molecule has 1 atom stereocenters. The summed E-state index contributed by atoms with van der Waals surface area (Å²) in [5, 5.41) is 4.58. The molecule has 0 spiro atoms. The lowest BCUT2D eigenvalue weighted by Crippen LogP contribution is -2.31. The van der Waals surface area contributed by atoms with Gasteiger partial charge in [0.05, 0.1) is 0 Å². The average molecular weight is 282 g/mol. The van der Waals surface area contributed by atoms with Gasteiger partial charge in [0, 0.05) is 11.1 Å². The summed E-state index contributed by atoms with van der Waals surface area (Å²) < 4.78 is 0. The van der Waals surface area contributed by atoms with Gasteiger partial charge in [0.1, 0.15) is 0 Å². The standard InChI is InChI=1S/C17H28ClN/c1-4-6-7-8-16(19-11-5-2)13-15-10-9-14(3)12-17(15)18/h9-10,12,16,19H,4-8,11,13H2,1-3H3. The highest BCUT2D eigenvalue weighted by molar-refractivity contribution is 6.31. The molecule has 2 heteroatoms. The van der Waals surface area contributed by atoms with Gasteiger partial charge < -0.3 is 5.32 Å². The van der Waals surface area contributed by atoms with Gasteiger partial charge >= 0.3 is 0 Å². The molecule has 1 aromatic rings. The van der Waals surface area contributed by atoms with Gasteiger partial charge in [-0.05, 0) is 49.9 Å². The van der Waals surface area contributed by atoms with Gasteiger partial charge in [0.2, 0.25) is 0 Å². The monoisotopic (exact) mass is 281 g/mol. The van der Waals surface area contributed by atoms with Crippen molar-refractivity contribution in [1.29, 1.82) is 0 Å². The minimum Gasteiger partial charge on any atom is -0.314 e. The zero-order chi connectivity index (χ0) is 14.1. The summed E-state index contributed by atoms with van der Waals surface area (Å²) in [4.78, 5) is 0. The number of nitrogens with one attached hydrogen (secondary N) is 1. The van der Waals surface area contributed by atoms with Gasteiger partial charge in [-0.3, -0.25) is 0 Å². The first-order valence-electron chi connectivity index (χ1n) is 7.65. The first kappa shape index (κ1) is 16.5. The van der Waals surface area contributed by atoms with E-state index in [9.17, 15) is 0 Å². The van der Waals surface area contributed by atoms with Crippen molar-refractivity contribution in [1.82, 2.24) is 5.32 Å². The number of halogens is 1. The molecule has 1 aromatic carbocycles. The van der Waals surface area contributed by atoms with Crippen LogP contribution in [-0.4, -0.2) is 12.6 Å². The predicted molar refractivity (Wildman–Crippen MR) is 86.1 cm³/mol. The summed E-state index contributed by atoms with van der Waals surface area (Å²) in [6.07, 6.45) is 7.39. The van der Waals surface area contributed by atoms with E-state index < -0.39 is 0 Å². The summed E-state index contributed by atoms with van der Waals surface area (Å²) in [7, 11) is 0. The minimum atomic E-state index is 0.562. The highest BCUT2D eigenvalue weighted by atomic mass is 35.5. The third-order valence-corrected chi connectivity index (χ3v) is 3.87. The van der Waals surface area contributed by atoms with E-state index in [4.69, 9.17) is 11.6 Å². The number of rotatable bonds is 9. The van der Waals surface area contributed by atoms with Gasteiger partial charge in [0.25, 0.3) is 0 Å². The Hall–Kier alpha value is -0.530. The van der Waals surface area contributed by atoms with Crippen LogP contribution in [0.1, 0.15) is 57.1 Å². The number of unbranched alkanes of at least 4 members (excludes halogenated alkanes) is 2. The van der Waals surface area contributed by atoms with E-state index in [1.54, 1.807) is 0 Å². The van der Waals surface area contributed by atoms with E-state index in [0.717, 1.165) is 18.0 Å². The molecule has 0 bridgehead atoms. The van der Waals surface area contributed by atoms with Crippen LogP contribution in [-0.2, 0) is 6.42 Å². The molecule has 1 unspecified atom stereocenters. The lowest BCUT2D eigenvalue weighted by atomic mass is 9.99. The topological polar surface area (TPSA) is 12.0 Å². The number of hydrogen-bond donors (Lipinski definition) is 1. The van der Waals surface area contributed by atoms with Crippen LogP contribution < -0.4 is 5.32 Å². The van der Waals surface area contributed by atoms with Gasteiger partial charge in [-0.15, -0.1) is 0 Å². The van der Waals surface area contributed by atoms with Gasteiger partial charge in [-0.25, -0.2) is 0 Å². The Morgan fingerprint density at radius 1 is 1.16 bits per heavy atom. The van der Waals surface area contributed by atoms with E-state index in [-0.39, 0.29) is 0 Å². The fraction of sp³-hybridized carbons (Fsp3) is 0.647. The summed E-state index contributed by atoms with van der Waals surface area (Å²) in [6.45, 7) is 7.66. The normalized spacial score (nSPS) is 12.6. The summed E-state index contributed by atoms with van der Waals surface area (Å²) >= 11 is 6.34. The molecule has 1 nitrogen and oxygen atoms in total. The van der Waals surface area contributed by atoms with Crippen molar-refractivity contribution in [3.05, 3.63) is 34.3 Å². The predicted octanol–water partition coefficient (Wildman–Crippen LogP) is 5.14. The van der Waals surface area contributed by atoms with E-state index in [1.807, 2.05) is 0 Å². The fourth-order valence-electron chi connectivity index (χ4n) is 2.35. The quantitative estimate of drug-likeness (QED) is 0.618. The molecule has 0 saturated carbocycles. The average Bonchev–Trinajstić information content (AvgIpc) is 2.39. The maximum atomic E-state index is 6.34. The van der Waals surface area contributed by atoms with Crippen LogP contribution in [0.4, 0.5) is 0 Å². The SMILES string of the molecule is CCCCCC(Cc1ccc(C)cc1Cl)NCCC. The van der Waals surface area contributed by atoms with Crippen LogP contribution in [0.25, 0.3) is 0 Å². The van der Waals surface area contributed by atoms with E-state index in [1.165, 1.54) is 43.2 Å². The molecule has 0 saturated heterocycles. The molecule has 1 N–H and O–H groups in total. The van der Waals surface area contributed by atoms with E-state index >= 15 is 0 Å². The lowest BCUT2D eigenvalue weighted by molar-refractivity contribution is 0.456. The molecule has 19 heavy (non-hydrogen) atoms. The van der Waals surface area contributed by atoms with E-state index in [0.29, 0.717) is 6.04 Å². The number of hydrogen-bond acceptors (Lipinski definition) is 1. The van der Waals surface area contributed by atoms with Crippen molar-refractivity contribution in [2.75, 3.05) is 6.54 Å². The van der Waals surface area contributed by atoms with Crippen LogP contribution in [0.15, 0.2) is 18.2 Å². The molecule has 0 radical (unpaired) electrons. The van der Waals surface area contributed by atoms with Crippen molar-refractivity contribution in [3.8, 4) is 0 Å². The second kappa shape index (κ2) is 9.39. The highest BCUT2D eigenvalue weighted by Gasteiger charge is 2.10. The summed E-state index contributed by atoms with van der Waals surface area (Å²) in [5.74, 6) is 0. The van der Waals surface area contributed by atoms with Crippen LogP contribution in [0.5, 0.6) is 0 Å². The molecular formula is C17H28ClN. The van der Waals surface area contributed by atoms with Crippen molar-refractivity contribution < 1.29 is 0 Å². The number of aryl methyl sites for hydroxylation is 1. The second-order valence-corrected chi connectivity index (χ2v) is 5.85. The van der Waals surface area contributed by atoms with Gasteiger partial charge in [-0.1, -0.05) is 56.8 Å². The molecule has 108 valence electrons. The van der Waals surface area contributed by atoms with Crippen LogP contribution in [0.3, 0.4) is 0 Å². The van der Waals surface area contributed by atoms with Crippen LogP contribution in [0.2, 0.25) is 5.02 Å². The Morgan fingerprint density at radius 3 is 2.58 bits per heavy atom. The third-order valence-electron chi connectivity index (χ3n) is 3.51. The Labute approximate surface area is 123 Å². The molecule has 0 aromatic heterocycles. The van der Waals surface area contributed by atoms with Crippen molar-refractivity contribution >= 4 is 11.6 Å². The molecule has 0 fully saturated rings. The third kappa shape index (κ3) is 6.44. The summed E-state index contributed by atoms with van der Waals surface area (Å²) in [6, 6.07) is 6.97. The molecule has 0 amide bonds. The Morgan fingerprint density at radius 2 is 1.95 bits per heavy atom. The zero-order valence-electron chi connectivity index (χ0n) is 12.6. The maximum absolute atomic E-state index is 6.34. The smallest absolute Gasteiger partial charge is 0.0441 e. The molecular weight excluding hydrogens is 254 g/mol. The van der Waals surface area contributed by atoms with Gasteiger partial charge in [0.15, 0.2) is 0 Å². The second-order valence-electron chi connectivity index (χ2n) is 5.45. The summed E-state index contributed by atoms with van der Waals surface area (Å²) in [5.41, 5.74) is 2.51. The zero-order valence-corrected chi connectivity index (χ0v) is 13.4. The van der Waals surface area contributed by atoms with E-state index in [2.05, 4.69) is 44.3 Å². The Kier molecular flexibility index (Phi) is 8.16. The lowest BCUT2D eigenvalue weighted by Gasteiger charge is -2.19. The molecule has 0 aliphatic rings. The minimum absolute atomic E-state index is 0.562. The molecule has 0 aliphatic heterocycles. The molecule has 0 heterocycles. The molecule has 1 rings (SSSR count). The van der Waals surface area contributed by atoms with Crippen LogP contribution >= 0.6 is 11.6 Å². The maximum Gasteiger partial charge on any atom is 0.0441 e. The molecule has 0 aliphatic carbocycles. The highest BCUT2D eigenvalue weighted by Crippen LogP contribution is 2.20. The van der Waals surface area contributed by atoms with Crippen LogP contribution in [0, 0.1) is 6.92 Å². The number of benzene rings is 1. The van der Waals surface area contributed by atoms with Gasteiger partial charge in [-0.2, -0.15) is 0 Å². The first-order chi connectivity index (χ1) is 9.17. The first-order valence-corrected chi connectivity index (χ1v) is 8.03.